The Morgan fingerprint density at radius 2 is 2.19 bits per heavy atom. The smallest absolute Gasteiger partial charge is 0.271 e. The van der Waals surface area contributed by atoms with Crippen LogP contribution in [0.25, 0.3) is 6.08 Å². The zero-order chi connectivity index (χ0) is 18.9. The van der Waals surface area contributed by atoms with E-state index in [1.165, 1.54) is 11.3 Å². The molecule has 0 amide bonds. The maximum absolute atomic E-state index is 12.5. The summed E-state index contributed by atoms with van der Waals surface area (Å²) in [5.41, 5.74) is 3.43. The lowest BCUT2D eigenvalue weighted by Crippen LogP contribution is -2.24. The van der Waals surface area contributed by atoms with Crippen molar-refractivity contribution in [2.75, 3.05) is 17.9 Å². The van der Waals surface area contributed by atoms with Crippen LogP contribution in [0.2, 0.25) is 0 Å². The first-order valence-corrected chi connectivity index (χ1v) is 11.8. The fraction of sp³-hybridized carbons (Fsp3) is 0.278. The molecular weight excluding hydrogens is 402 g/mol. The summed E-state index contributed by atoms with van der Waals surface area (Å²) in [6.45, 7) is 1.41. The lowest BCUT2D eigenvalue weighted by atomic mass is 10.0. The van der Waals surface area contributed by atoms with E-state index < -0.39 is 10.0 Å². The highest BCUT2D eigenvalue weighted by Crippen LogP contribution is 2.32. The number of benzene rings is 1. The summed E-state index contributed by atoms with van der Waals surface area (Å²) in [6.07, 6.45) is 2.74. The molecule has 1 aromatic carbocycles. The summed E-state index contributed by atoms with van der Waals surface area (Å²) >= 11 is 2.87. The molecule has 4 rings (SSSR count). The van der Waals surface area contributed by atoms with Gasteiger partial charge in [-0.3, -0.25) is 9.71 Å². The zero-order valence-electron chi connectivity index (χ0n) is 14.4. The van der Waals surface area contributed by atoms with Crippen LogP contribution in [-0.2, 0) is 16.6 Å². The van der Waals surface area contributed by atoms with Gasteiger partial charge >= 0.3 is 0 Å². The number of aliphatic hydroxyl groups is 1. The Bertz CT molecular complexity index is 998. The third kappa shape index (κ3) is 3.91. The third-order valence-electron chi connectivity index (χ3n) is 4.37. The highest BCUT2D eigenvalue weighted by atomic mass is 32.2. The fourth-order valence-electron chi connectivity index (χ4n) is 3.03. The maximum Gasteiger partial charge on any atom is 0.271 e. The van der Waals surface area contributed by atoms with Gasteiger partial charge in [-0.25, -0.2) is 8.42 Å². The first kappa shape index (κ1) is 18.5. The van der Waals surface area contributed by atoms with Gasteiger partial charge in [-0.1, -0.05) is 30.0 Å². The molecule has 0 aliphatic carbocycles. The number of nitrogens with one attached hydrogen (secondary N) is 2. The van der Waals surface area contributed by atoms with E-state index in [0.29, 0.717) is 28.2 Å². The van der Waals surface area contributed by atoms with Crippen molar-refractivity contribution in [1.82, 2.24) is 5.32 Å². The highest BCUT2D eigenvalue weighted by molar-refractivity contribution is 8.15. The Morgan fingerprint density at radius 1 is 1.30 bits per heavy atom. The molecule has 142 valence electrons. The first-order valence-electron chi connectivity index (χ1n) is 8.53. The topological polar surface area (TPSA) is 90.8 Å². The van der Waals surface area contributed by atoms with E-state index in [9.17, 15) is 8.42 Å². The Morgan fingerprint density at radius 3 is 2.96 bits per heavy atom. The molecule has 1 aromatic heterocycles. The predicted molar refractivity (Wildman–Crippen MR) is 112 cm³/mol. The molecular formula is C18H19N3O3S3. The predicted octanol–water partition coefficient (Wildman–Crippen LogP) is 2.89. The summed E-state index contributed by atoms with van der Waals surface area (Å²) in [4.78, 5) is 4.58. The van der Waals surface area contributed by atoms with Crippen LogP contribution in [0.3, 0.4) is 0 Å². The van der Waals surface area contributed by atoms with Crippen molar-refractivity contribution in [1.29, 1.82) is 0 Å². The number of aliphatic imine (C=N–C) groups is 1. The number of aliphatic hydroxyl groups excluding tert-OH is 1. The highest BCUT2D eigenvalue weighted by Gasteiger charge is 2.25. The third-order valence-corrected chi connectivity index (χ3v) is 8.42. The number of anilines is 1. The Labute approximate surface area is 166 Å². The molecule has 3 heterocycles. The normalized spacial score (nSPS) is 19.1. The largest absolute Gasteiger partial charge is 0.396 e. The van der Waals surface area contributed by atoms with Crippen LogP contribution in [0.15, 0.2) is 50.6 Å². The van der Waals surface area contributed by atoms with E-state index in [0.717, 1.165) is 28.3 Å². The van der Waals surface area contributed by atoms with Gasteiger partial charge in [0.2, 0.25) is 0 Å². The van der Waals surface area contributed by atoms with Crippen molar-refractivity contribution in [3.05, 3.63) is 52.5 Å². The average Bonchev–Trinajstić information content (AvgIpc) is 3.34. The van der Waals surface area contributed by atoms with E-state index in [-0.39, 0.29) is 6.61 Å². The van der Waals surface area contributed by atoms with Gasteiger partial charge in [0.25, 0.3) is 10.0 Å². The number of thioether (sulfide) groups is 1. The molecule has 2 aromatic rings. The van der Waals surface area contributed by atoms with E-state index in [1.807, 2.05) is 18.2 Å². The van der Waals surface area contributed by atoms with E-state index >= 15 is 0 Å². The van der Waals surface area contributed by atoms with Gasteiger partial charge in [0.1, 0.15) is 9.25 Å². The average molecular weight is 422 g/mol. The molecule has 27 heavy (non-hydrogen) atoms. The molecule has 1 atom stereocenters. The summed E-state index contributed by atoms with van der Waals surface area (Å²) < 4.78 is 28.1. The number of thiophene rings is 1. The number of nitrogens with zero attached hydrogens (tertiary/aromatic N) is 1. The zero-order valence-corrected chi connectivity index (χ0v) is 16.8. The number of fused-ring (bicyclic) bond motifs is 1. The van der Waals surface area contributed by atoms with Gasteiger partial charge in [0.15, 0.2) is 0 Å². The second kappa shape index (κ2) is 7.67. The van der Waals surface area contributed by atoms with Crippen molar-refractivity contribution < 1.29 is 13.5 Å². The molecule has 0 spiro atoms. The van der Waals surface area contributed by atoms with Gasteiger partial charge in [-0.05, 0) is 35.6 Å². The van der Waals surface area contributed by atoms with Crippen LogP contribution in [0, 0.1) is 0 Å². The van der Waals surface area contributed by atoms with E-state index in [2.05, 4.69) is 15.0 Å². The SMILES string of the molecule is O=S(=O)(Nc1cccc2c1CNC(C1=NCC(CCO)S1)=C2)c1cccs1. The van der Waals surface area contributed by atoms with Gasteiger partial charge in [-0.15, -0.1) is 11.3 Å². The van der Waals surface area contributed by atoms with Crippen LogP contribution in [0.1, 0.15) is 17.5 Å². The number of rotatable bonds is 6. The number of hydrogen-bond acceptors (Lipinski definition) is 7. The second-order valence-electron chi connectivity index (χ2n) is 6.22. The van der Waals surface area contributed by atoms with Crippen molar-refractivity contribution in [2.45, 2.75) is 22.4 Å². The summed E-state index contributed by atoms with van der Waals surface area (Å²) in [6, 6.07) is 8.92. The molecule has 0 saturated carbocycles. The summed E-state index contributed by atoms with van der Waals surface area (Å²) in [5.74, 6) is 0. The Kier molecular flexibility index (Phi) is 5.27. The van der Waals surface area contributed by atoms with Gasteiger partial charge < -0.3 is 10.4 Å². The van der Waals surface area contributed by atoms with Gasteiger partial charge in [0, 0.05) is 24.0 Å². The first-order chi connectivity index (χ1) is 13.1. The molecule has 2 aliphatic rings. The summed E-state index contributed by atoms with van der Waals surface area (Å²) in [7, 11) is -3.58. The summed E-state index contributed by atoms with van der Waals surface area (Å²) in [5, 5.41) is 15.5. The minimum atomic E-state index is -3.58. The second-order valence-corrected chi connectivity index (χ2v) is 10.4. The lowest BCUT2D eigenvalue weighted by Gasteiger charge is -2.22. The molecule has 0 radical (unpaired) electrons. The van der Waals surface area contributed by atoms with Crippen LogP contribution in [-0.4, -0.2) is 37.0 Å². The molecule has 0 bridgehead atoms. The van der Waals surface area contributed by atoms with E-state index in [4.69, 9.17) is 5.11 Å². The van der Waals surface area contributed by atoms with Crippen molar-refractivity contribution >= 4 is 49.9 Å². The molecule has 9 heteroatoms. The van der Waals surface area contributed by atoms with Gasteiger partial charge in [-0.2, -0.15) is 0 Å². The van der Waals surface area contributed by atoms with Crippen molar-refractivity contribution in [3.63, 3.8) is 0 Å². The quantitative estimate of drug-likeness (QED) is 0.667. The Balaban J connectivity index is 1.58. The van der Waals surface area contributed by atoms with Crippen molar-refractivity contribution in [2.24, 2.45) is 4.99 Å². The molecule has 6 nitrogen and oxygen atoms in total. The minimum absolute atomic E-state index is 0.170. The van der Waals surface area contributed by atoms with Crippen LogP contribution >= 0.6 is 23.1 Å². The Hall–Kier alpha value is -1.81. The van der Waals surface area contributed by atoms with E-state index in [1.54, 1.807) is 35.3 Å². The van der Waals surface area contributed by atoms with Crippen LogP contribution < -0.4 is 10.0 Å². The van der Waals surface area contributed by atoms with Crippen molar-refractivity contribution in [3.8, 4) is 0 Å². The molecule has 2 aliphatic heterocycles. The molecule has 1 unspecified atom stereocenters. The number of hydrogen-bond donors (Lipinski definition) is 3. The fourth-order valence-corrected chi connectivity index (χ4v) is 6.21. The van der Waals surface area contributed by atoms with Gasteiger partial charge in [0.05, 0.1) is 17.9 Å². The number of sulfonamides is 1. The maximum atomic E-state index is 12.5. The molecule has 0 fully saturated rings. The standard InChI is InChI=1S/C18H19N3O3S3/c22-7-6-13-10-20-18(26-13)16-9-12-3-1-4-15(14(12)11-19-16)21-27(23,24)17-5-2-8-25-17/h1-5,8-9,13,19,21-22H,6-7,10-11H2. The molecule has 3 N–H and O–H groups in total. The van der Waals surface area contributed by atoms with Crippen LogP contribution in [0.5, 0.6) is 0 Å². The van der Waals surface area contributed by atoms with Crippen LogP contribution in [0.4, 0.5) is 5.69 Å². The molecule has 0 saturated heterocycles. The minimum Gasteiger partial charge on any atom is -0.396 e. The monoisotopic (exact) mass is 421 g/mol. The lowest BCUT2D eigenvalue weighted by molar-refractivity contribution is 0.288.